The number of carbonyl (C=O) groups excluding carboxylic acids is 2. The van der Waals surface area contributed by atoms with E-state index in [4.69, 9.17) is 0 Å². The second-order valence-electron chi connectivity index (χ2n) is 6.18. The molecule has 4 nitrogen and oxygen atoms in total. The van der Waals surface area contributed by atoms with Crippen molar-refractivity contribution in [3.8, 4) is 0 Å². The molecule has 0 saturated heterocycles. The minimum absolute atomic E-state index is 0.439. The summed E-state index contributed by atoms with van der Waals surface area (Å²) in [4.78, 5) is 24.6. The maximum Gasteiger partial charge on any atom is 0.418 e. The Morgan fingerprint density at radius 1 is 0.567 bits per heavy atom. The molecule has 1 aliphatic rings. The van der Waals surface area contributed by atoms with Gasteiger partial charge in [0.2, 0.25) is 11.6 Å². The van der Waals surface area contributed by atoms with Crippen molar-refractivity contribution in [3.63, 3.8) is 0 Å². The Kier molecular flexibility index (Phi) is 5.43. The van der Waals surface area contributed by atoms with E-state index in [2.05, 4.69) is 10.6 Å². The fourth-order valence-corrected chi connectivity index (χ4v) is 2.72. The van der Waals surface area contributed by atoms with E-state index in [0.29, 0.717) is 0 Å². The van der Waals surface area contributed by atoms with Gasteiger partial charge in [-0.05, 0) is 24.3 Å². The van der Waals surface area contributed by atoms with Crippen molar-refractivity contribution in [1.29, 1.82) is 0 Å². The third-order valence-electron chi connectivity index (χ3n) is 4.09. The Morgan fingerprint density at radius 3 is 1.23 bits per heavy atom. The normalized spacial score (nSPS) is 14.9. The smallest absolute Gasteiger partial charge is 0.352 e. The molecule has 1 aliphatic carbocycles. The van der Waals surface area contributed by atoms with E-state index < -0.39 is 57.8 Å². The zero-order valence-electron chi connectivity index (χ0n) is 14.9. The highest BCUT2D eigenvalue weighted by molar-refractivity contribution is 6.22. The molecule has 2 aromatic carbocycles. The minimum Gasteiger partial charge on any atom is -0.352 e. The maximum atomic E-state index is 13.1. The molecule has 0 aliphatic heterocycles. The number of allylic oxidation sites excluding steroid dienone is 2. The first-order valence-corrected chi connectivity index (χ1v) is 8.35. The molecular weight excluding hydrogens is 414 g/mol. The molecule has 0 radical (unpaired) electrons. The number of hydrogen-bond donors (Lipinski definition) is 2. The van der Waals surface area contributed by atoms with E-state index in [9.17, 15) is 35.9 Å². The van der Waals surface area contributed by atoms with Gasteiger partial charge in [0.05, 0.1) is 33.9 Å². The molecule has 2 aromatic rings. The van der Waals surface area contributed by atoms with Gasteiger partial charge in [-0.3, -0.25) is 9.59 Å². The van der Waals surface area contributed by atoms with Crippen LogP contribution in [0.5, 0.6) is 0 Å². The number of alkyl halides is 6. The molecule has 2 N–H and O–H groups in total. The fraction of sp³-hybridized carbons (Fsp3) is 0.100. The Morgan fingerprint density at radius 2 is 0.900 bits per heavy atom. The lowest BCUT2D eigenvalue weighted by Crippen LogP contribution is -2.23. The molecule has 0 aromatic heterocycles. The Hall–Kier alpha value is -3.56. The molecule has 0 heterocycles. The van der Waals surface area contributed by atoms with Crippen molar-refractivity contribution in [1.82, 2.24) is 0 Å². The van der Waals surface area contributed by atoms with Crippen molar-refractivity contribution < 1.29 is 35.9 Å². The van der Waals surface area contributed by atoms with Crippen LogP contribution in [0.25, 0.3) is 0 Å². The van der Waals surface area contributed by atoms with Crippen LogP contribution >= 0.6 is 0 Å². The number of anilines is 2. The molecule has 30 heavy (non-hydrogen) atoms. The van der Waals surface area contributed by atoms with Gasteiger partial charge < -0.3 is 10.6 Å². The molecule has 156 valence electrons. The van der Waals surface area contributed by atoms with Crippen LogP contribution in [0, 0.1) is 0 Å². The molecule has 10 heteroatoms. The minimum atomic E-state index is -4.70. The quantitative estimate of drug-likeness (QED) is 0.523. The second kappa shape index (κ2) is 7.69. The molecule has 3 rings (SSSR count). The summed E-state index contributed by atoms with van der Waals surface area (Å²) in [6.07, 6.45) is -7.94. The molecular formula is C20H12F6N2O2. The number of carbonyl (C=O) groups is 2. The van der Waals surface area contributed by atoms with Crippen LogP contribution in [0.3, 0.4) is 0 Å². The lowest BCUT2D eigenvalue weighted by Gasteiger charge is -2.19. The third-order valence-corrected chi connectivity index (χ3v) is 4.09. The van der Waals surface area contributed by atoms with E-state index in [0.717, 1.165) is 48.6 Å². The third kappa shape index (κ3) is 4.53. The lowest BCUT2D eigenvalue weighted by atomic mass is 10.0. The van der Waals surface area contributed by atoms with Gasteiger partial charge in [0, 0.05) is 12.2 Å². The molecule has 0 atom stereocenters. The predicted molar refractivity (Wildman–Crippen MR) is 96.3 cm³/mol. The summed E-state index contributed by atoms with van der Waals surface area (Å²) in [6, 6.07) is 8.71. The summed E-state index contributed by atoms with van der Waals surface area (Å²) in [7, 11) is 0. The topological polar surface area (TPSA) is 58.2 Å². The average molecular weight is 426 g/mol. The van der Waals surface area contributed by atoms with Crippen LogP contribution in [-0.4, -0.2) is 11.6 Å². The van der Waals surface area contributed by atoms with Gasteiger partial charge in [-0.2, -0.15) is 26.3 Å². The standard InChI is InChI=1S/C20H12F6N2O2/c21-19(22,23)11-5-1-3-7-13(11)27-15-9-18(30)16(10-17(15)29)28-14-8-4-2-6-12(14)20(24,25)26/h1-10,27-28H. The van der Waals surface area contributed by atoms with E-state index in [1.807, 2.05) is 0 Å². The molecule has 0 fully saturated rings. The van der Waals surface area contributed by atoms with Gasteiger partial charge in [-0.15, -0.1) is 0 Å². The van der Waals surface area contributed by atoms with Gasteiger partial charge >= 0.3 is 12.4 Å². The zero-order chi connectivity index (χ0) is 22.1. The van der Waals surface area contributed by atoms with Crippen molar-refractivity contribution in [2.24, 2.45) is 0 Å². The molecule has 0 spiro atoms. The summed E-state index contributed by atoms with van der Waals surface area (Å²) in [5.74, 6) is -1.75. The number of benzene rings is 2. The van der Waals surface area contributed by atoms with Gasteiger partial charge in [0.25, 0.3) is 0 Å². The van der Waals surface area contributed by atoms with Gasteiger partial charge in [0.1, 0.15) is 0 Å². The summed E-state index contributed by atoms with van der Waals surface area (Å²) < 4.78 is 78.5. The number of halogens is 6. The number of ketones is 2. The summed E-state index contributed by atoms with van der Waals surface area (Å²) in [5.41, 5.74) is -3.84. The monoisotopic (exact) mass is 426 g/mol. The Balaban J connectivity index is 1.85. The first-order chi connectivity index (χ1) is 14.0. The molecule has 0 bridgehead atoms. The molecule has 0 saturated carbocycles. The number of rotatable bonds is 4. The second-order valence-corrected chi connectivity index (χ2v) is 6.18. The number of hydrogen-bond acceptors (Lipinski definition) is 4. The fourth-order valence-electron chi connectivity index (χ4n) is 2.72. The highest BCUT2D eigenvalue weighted by atomic mass is 19.4. The Bertz CT molecular complexity index is 982. The van der Waals surface area contributed by atoms with Crippen LogP contribution in [0.2, 0.25) is 0 Å². The highest BCUT2D eigenvalue weighted by Gasteiger charge is 2.35. The highest BCUT2D eigenvalue weighted by Crippen LogP contribution is 2.36. The van der Waals surface area contributed by atoms with Crippen LogP contribution in [-0.2, 0) is 21.9 Å². The van der Waals surface area contributed by atoms with Crippen LogP contribution in [0.1, 0.15) is 11.1 Å². The van der Waals surface area contributed by atoms with E-state index in [1.54, 1.807) is 0 Å². The summed E-state index contributed by atoms with van der Waals surface area (Å²) >= 11 is 0. The predicted octanol–water partition coefficient (Wildman–Crippen LogP) is 5.17. The van der Waals surface area contributed by atoms with Crippen LogP contribution < -0.4 is 10.6 Å². The van der Waals surface area contributed by atoms with Crippen LogP contribution in [0.15, 0.2) is 72.1 Å². The Labute approximate surface area is 165 Å². The maximum absolute atomic E-state index is 13.1. The van der Waals surface area contributed by atoms with Crippen molar-refractivity contribution >= 4 is 22.9 Å². The van der Waals surface area contributed by atoms with E-state index in [1.165, 1.54) is 12.1 Å². The largest absolute Gasteiger partial charge is 0.418 e. The zero-order valence-corrected chi connectivity index (χ0v) is 14.9. The van der Waals surface area contributed by atoms with Gasteiger partial charge in [-0.1, -0.05) is 24.3 Å². The van der Waals surface area contributed by atoms with Gasteiger partial charge in [0.15, 0.2) is 0 Å². The lowest BCUT2D eigenvalue weighted by molar-refractivity contribution is -0.137. The van der Waals surface area contributed by atoms with Crippen molar-refractivity contribution in [2.75, 3.05) is 10.6 Å². The number of para-hydroxylation sites is 2. The summed E-state index contributed by atoms with van der Waals surface area (Å²) in [6.45, 7) is 0. The first-order valence-electron chi connectivity index (χ1n) is 8.35. The summed E-state index contributed by atoms with van der Waals surface area (Å²) in [5, 5.41) is 4.55. The number of nitrogens with one attached hydrogen (secondary N) is 2. The first kappa shape index (κ1) is 21.2. The average Bonchev–Trinajstić information content (AvgIpc) is 2.65. The van der Waals surface area contributed by atoms with Crippen LogP contribution in [0.4, 0.5) is 37.7 Å². The van der Waals surface area contributed by atoms with E-state index >= 15 is 0 Å². The molecule has 0 amide bonds. The molecule has 0 unspecified atom stereocenters. The van der Waals surface area contributed by atoms with Crippen molar-refractivity contribution in [3.05, 3.63) is 83.2 Å². The van der Waals surface area contributed by atoms with E-state index in [-0.39, 0.29) is 0 Å². The SMILES string of the molecule is O=C1C=C(Nc2ccccc2C(F)(F)F)C(=O)C=C1Nc1ccccc1C(F)(F)F. The van der Waals surface area contributed by atoms with Crippen molar-refractivity contribution in [2.45, 2.75) is 12.4 Å². The van der Waals surface area contributed by atoms with Gasteiger partial charge in [-0.25, -0.2) is 0 Å².